The molecule has 0 spiro atoms. The molecule has 0 saturated carbocycles. The summed E-state index contributed by atoms with van der Waals surface area (Å²) >= 11 is 11.7. The van der Waals surface area contributed by atoms with Crippen LogP contribution in [-0.2, 0) is 9.47 Å². The number of halogens is 4. The van der Waals surface area contributed by atoms with Gasteiger partial charge >= 0.3 is 5.97 Å². The van der Waals surface area contributed by atoms with Gasteiger partial charge in [0.15, 0.2) is 29.4 Å². The van der Waals surface area contributed by atoms with Gasteiger partial charge in [-0.2, -0.15) is 4.98 Å². The molecule has 4 rings (SSSR count). The number of hydrogen-bond acceptors (Lipinski definition) is 6. The van der Waals surface area contributed by atoms with Crippen molar-refractivity contribution in [1.82, 2.24) is 19.5 Å². The molecule has 0 amide bonds. The van der Waals surface area contributed by atoms with Crippen LogP contribution in [0.1, 0.15) is 16.6 Å². The molecule has 1 aliphatic rings. The molecular weight excluding hydrogens is 417 g/mol. The second kappa shape index (κ2) is 7.57. The van der Waals surface area contributed by atoms with Gasteiger partial charge in [-0.15, -0.1) is 0 Å². The molecule has 28 heavy (non-hydrogen) atoms. The fourth-order valence-corrected chi connectivity index (χ4v) is 3.32. The molecule has 0 N–H and O–H groups in total. The van der Waals surface area contributed by atoms with Crippen molar-refractivity contribution in [3.8, 4) is 0 Å². The van der Waals surface area contributed by atoms with Gasteiger partial charge in [0.25, 0.3) is 0 Å². The lowest BCUT2D eigenvalue weighted by atomic mass is 10.2. The van der Waals surface area contributed by atoms with E-state index in [1.807, 2.05) is 0 Å². The number of imidazole rings is 1. The van der Waals surface area contributed by atoms with E-state index in [0.717, 1.165) is 0 Å². The summed E-state index contributed by atoms with van der Waals surface area (Å²) < 4.78 is 40.7. The van der Waals surface area contributed by atoms with Crippen LogP contribution in [0.2, 0.25) is 10.4 Å². The van der Waals surface area contributed by atoms with E-state index in [-0.39, 0.29) is 21.6 Å². The number of hydrogen-bond donors (Lipinski definition) is 0. The predicted molar refractivity (Wildman–Crippen MR) is 95.8 cm³/mol. The number of aromatic nitrogens is 4. The Bertz CT molecular complexity index is 1020. The number of alkyl halides is 2. The molecule has 1 fully saturated rings. The third-order valence-corrected chi connectivity index (χ3v) is 4.69. The minimum absolute atomic E-state index is 0.0210. The Morgan fingerprint density at radius 3 is 2.68 bits per heavy atom. The second-order valence-electron chi connectivity index (χ2n) is 6.03. The normalized spacial score (nSPS) is 24.6. The van der Waals surface area contributed by atoms with Crippen molar-refractivity contribution < 1.29 is 23.0 Å². The third-order valence-electron chi connectivity index (χ3n) is 4.26. The maximum absolute atomic E-state index is 14.6. The number of carbonyl (C=O) groups is 1. The average Bonchev–Trinajstić information content (AvgIpc) is 3.22. The lowest BCUT2D eigenvalue weighted by Crippen LogP contribution is -2.28. The van der Waals surface area contributed by atoms with Crippen molar-refractivity contribution in [1.29, 1.82) is 0 Å². The number of fused-ring (bicyclic) bond motifs is 1. The van der Waals surface area contributed by atoms with Gasteiger partial charge in [0.05, 0.1) is 11.9 Å². The Labute approximate surface area is 167 Å². The highest BCUT2D eigenvalue weighted by molar-refractivity contribution is 6.35. The van der Waals surface area contributed by atoms with Gasteiger partial charge in [-0.3, -0.25) is 4.57 Å². The topological polar surface area (TPSA) is 79.1 Å². The number of ether oxygens (including phenoxy) is 2. The number of rotatable bonds is 4. The lowest BCUT2D eigenvalue weighted by molar-refractivity contribution is -0.0469. The zero-order valence-electron chi connectivity index (χ0n) is 14.0. The van der Waals surface area contributed by atoms with Gasteiger partial charge in [-0.05, 0) is 23.7 Å². The highest BCUT2D eigenvalue weighted by Gasteiger charge is 2.47. The van der Waals surface area contributed by atoms with Crippen LogP contribution in [0.5, 0.6) is 0 Å². The second-order valence-corrected chi connectivity index (χ2v) is 6.72. The Hall–Kier alpha value is -2.36. The molecule has 146 valence electrons. The third kappa shape index (κ3) is 3.41. The van der Waals surface area contributed by atoms with Gasteiger partial charge in [0.2, 0.25) is 5.28 Å². The number of carbonyl (C=O) groups excluding carboxylic acids is 1. The molecule has 1 aromatic carbocycles. The molecule has 1 unspecified atom stereocenters. The van der Waals surface area contributed by atoms with Gasteiger partial charge < -0.3 is 9.47 Å². The van der Waals surface area contributed by atoms with Crippen molar-refractivity contribution in [3.63, 3.8) is 0 Å². The van der Waals surface area contributed by atoms with Crippen LogP contribution in [0.4, 0.5) is 8.78 Å². The Morgan fingerprint density at radius 2 is 1.93 bits per heavy atom. The first-order valence-corrected chi connectivity index (χ1v) is 8.92. The van der Waals surface area contributed by atoms with E-state index in [1.54, 1.807) is 30.3 Å². The van der Waals surface area contributed by atoms with E-state index in [9.17, 15) is 13.6 Å². The van der Waals surface area contributed by atoms with Crippen molar-refractivity contribution in [2.24, 2.45) is 0 Å². The van der Waals surface area contributed by atoms with Gasteiger partial charge in [-0.1, -0.05) is 29.8 Å². The predicted octanol–water partition coefficient (Wildman–Crippen LogP) is 3.56. The van der Waals surface area contributed by atoms with Crippen LogP contribution in [0.3, 0.4) is 0 Å². The van der Waals surface area contributed by atoms with E-state index >= 15 is 0 Å². The Balaban J connectivity index is 1.51. The zero-order valence-corrected chi connectivity index (χ0v) is 15.5. The van der Waals surface area contributed by atoms with Crippen LogP contribution in [0.15, 0.2) is 36.7 Å². The van der Waals surface area contributed by atoms with Gasteiger partial charge in [-0.25, -0.2) is 23.5 Å². The molecule has 0 radical (unpaired) electrons. The van der Waals surface area contributed by atoms with E-state index in [0.29, 0.717) is 5.56 Å². The smallest absolute Gasteiger partial charge is 0.338 e. The van der Waals surface area contributed by atoms with Gasteiger partial charge in [0, 0.05) is 0 Å². The summed E-state index contributed by atoms with van der Waals surface area (Å²) in [7, 11) is 0. The molecule has 3 aromatic rings. The van der Waals surface area contributed by atoms with Crippen LogP contribution >= 0.6 is 23.2 Å². The van der Waals surface area contributed by atoms with Crippen molar-refractivity contribution in [2.45, 2.75) is 24.7 Å². The number of nitrogens with zero attached hydrogens (tertiary/aromatic N) is 4. The maximum Gasteiger partial charge on any atom is 0.338 e. The summed E-state index contributed by atoms with van der Waals surface area (Å²) in [6, 6.07) is 8.17. The molecule has 11 heteroatoms. The molecule has 4 atom stereocenters. The summed E-state index contributed by atoms with van der Waals surface area (Å²) in [4.78, 5) is 23.7. The largest absolute Gasteiger partial charge is 0.459 e. The summed E-state index contributed by atoms with van der Waals surface area (Å²) in [6.07, 6.45) is -5.51. The Morgan fingerprint density at radius 1 is 1.18 bits per heavy atom. The van der Waals surface area contributed by atoms with Crippen molar-refractivity contribution >= 4 is 40.3 Å². The van der Waals surface area contributed by atoms with Crippen LogP contribution in [-0.4, -0.2) is 50.5 Å². The SMILES string of the molecule is O=C(OC[C@H]1OC(n2cnc3c(Cl)nc(Cl)nc32)[C@@H](F)[C@@H]1F)c1ccccc1. The molecule has 3 heterocycles. The van der Waals surface area contributed by atoms with E-state index in [1.165, 1.54) is 10.9 Å². The van der Waals surface area contributed by atoms with Crippen molar-refractivity contribution in [3.05, 3.63) is 52.7 Å². The first-order chi connectivity index (χ1) is 13.5. The van der Waals surface area contributed by atoms with E-state index in [2.05, 4.69) is 15.0 Å². The summed E-state index contributed by atoms with van der Waals surface area (Å²) in [6.45, 7) is -0.449. The lowest BCUT2D eigenvalue weighted by Gasteiger charge is -2.15. The van der Waals surface area contributed by atoms with Crippen LogP contribution < -0.4 is 0 Å². The number of esters is 1. The standard InChI is InChI=1S/C17H12Cl2F2N4O3/c18-13-12-14(24-17(19)23-13)25(7-22-12)15-11(21)10(20)9(28-15)6-27-16(26)8-4-2-1-3-5-8/h1-5,7,9-11,15H,6H2/t9-,10-,11+,15?/m1/s1. The summed E-state index contributed by atoms with van der Waals surface area (Å²) in [5, 5.41) is -0.190. The molecule has 1 aliphatic heterocycles. The average molecular weight is 429 g/mol. The van der Waals surface area contributed by atoms with E-state index in [4.69, 9.17) is 32.7 Å². The van der Waals surface area contributed by atoms with Crippen molar-refractivity contribution in [2.75, 3.05) is 6.61 Å². The first kappa shape index (κ1) is 19.0. The monoisotopic (exact) mass is 428 g/mol. The minimum Gasteiger partial charge on any atom is -0.459 e. The van der Waals surface area contributed by atoms with Gasteiger partial charge in [0.1, 0.15) is 18.2 Å². The van der Waals surface area contributed by atoms with Crippen LogP contribution in [0, 0.1) is 0 Å². The summed E-state index contributed by atoms with van der Waals surface area (Å²) in [5.41, 5.74) is 0.578. The fourth-order valence-electron chi connectivity index (χ4n) is 2.90. The fraction of sp³-hybridized carbons (Fsp3) is 0.294. The highest BCUT2D eigenvalue weighted by Crippen LogP contribution is 2.36. The molecule has 1 saturated heterocycles. The molecule has 2 aromatic heterocycles. The quantitative estimate of drug-likeness (QED) is 0.359. The first-order valence-electron chi connectivity index (χ1n) is 8.17. The highest BCUT2D eigenvalue weighted by atomic mass is 35.5. The summed E-state index contributed by atoms with van der Waals surface area (Å²) in [5.74, 6) is -0.658. The minimum atomic E-state index is -2.04. The van der Waals surface area contributed by atoms with E-state index < -0.39 is 37.3 Å². The number of benzene rings is 1. The van der Waals surface area contributed by atoms with Crippen LogP contribution in [0.25, 0.3) is 11.2 Å². The zero-order chi connectivity index (χ0) is 19.8. The molecule has 7 nitrogen and oxygen atoms in total. The molecular formula is C17H12Cl2F2N4O3. The Kier molecular flexibility index (Phi) is 5.13. The maximum atomic E-state index is 14.6. The molecule has 0 aliphatic carbocycles. The molecule has 0 bridgehead atoms.